The fourth-order valence-corrected chi connectivity index (χ4v) is 4.79. The van der Waals surface area contributed by atoms with Crippen molar-refractivity contribution in [1.82, 2.24) is 20.1 Å². The first-order valence-corrected chi connectivity index (χ1v) is 13.0. The van der Waals surface area contributed by atoms with Gasteiger partial charge in [-0.1, -0.05) is 43.8 Å². The number of para-hydroxylation sites is 1. The number of carbonyl (C=O) groups is 2. The maximum absolute atomic E-state index is 12.5. The molecule has 1 aromatic carbocycles. The normalized spacial score (nSPS) is 14.2. The number of rotatable bonds is 10. The third-order valence-electron chi connectivity index (χ3n) is 6.11. The molecule has 0 saturated carbocycles. The maximum atomic E-state index is 12.5. The molecule has 1 fully saturated rings. The molecule has 1 aliphatic rings. The Kier molecular flexibility index (Phi) is 8.46. The molecule has 3 aromatic rings. The molecule has 0 bridgehead atoms. The monoisotopic (exact) mass is 496 g/mol. The van der Waals surface area contributed by atoms with Crippen molar-refractivity contribution in [3.05, 3.63) is 54.0 Å². The van der Waals surface area contributed by atoms with Gasteiger partial charge in [-0.05, 0) is 48.9 Å². The molecule has 0 radical (unpaired) electrons. The van der Waals surface area contributed by atoms with Crippen LogP contribution in [0.3, 0.4) is 0 Å². The molecule has 2 N–H and O–H groups in total. The summed E-state index contributed by atoms with van der Waals surface area (Å²) in [6.07, 6.45) is 4.69. The molecule has 1 aliphatic heterocycles. The van der Waals surface area contributed by atoms with Crippen LogP contribution >= 0.6 is 11.8 Å². The molecule has 1 saturated heterocycles. The van der Waals surface area contributed by atoms with Crippen molar-refractivity contribution >= 4 is 35.2 Å². The average Bonchev–Trinajstić information content (AvgIpc) is 3.53. The van der Waals surface area contributed by atoms with Crippen LogP contribution < -0.4 is 15.5 Å². The van der Waals surface area contributed by atoms with Gasteiger partial charge < -0.3 is 20.0 Å². The number of aryl methyl sites for hydroxylation is 1. The summed E-state index contributed by atoms with van der Waals surface area (Å²) in [5, 5.41) is 15.0. The van der Waals surface area contributed by atoms with E-state index < -0.39 is 0 Å². The maximum Gasteiger partial charge on any atom is 0.243 e. The van der Waals surface area contributed by atoms with Crippen LogP contribution in [0.25, 0.3) is 0 Å². The second-order valence-corrected chi connectivity index (χ2v) is 9.68. The number of hydrogen-bond donors (Lipinski definition) is 2. The Hall–Kier alpha value is -3.27. The zero-order valence-electron chi connectivity index (χ0n) is 20.2. The molecule has 35 heavy (non-hydrogen) atoms. The Morgan fingerprint density at radius 3 is 2.66 bits per heavy atom. The Morgan fingerprint density at radius 1 is 1.11 bits per heavy atom. The van der Waals surface area contributed by atoms with E-state index in [1.165, 1.54) is 11.8 Å². The van der Waals surface area contributed by atoms with Gasteiger partial charge in [0.1, 0.15) is 5.76 Å². The Labute approximate surface area is 209 Å². The average molecular weight is 497 g/mol. The molecule has 2 aromatic heterocycles. The van der Waals surface area contributed by atoms with Crippen molar-refractivity contribution in [2.75, 3.05) is 35.6 Å². The van der Waals surface area contributed by atoms with E-state index in [0.29, 0.717) is 17.6 Å². The summed E-state index contributed by atoms with van der Waals surface area (Å²) in [7, 11) is 0. The van der Waals surface area contributed by atoms with Crippen molar-refractivity contribution < 1.29 is 14.0 Å². The molecule has 9 nitrogen and oxygen atoms in total. The van der Waals surface area contributed by atoms with Crippen LogP contribution in [0.4, 0.5) is 11.6 Å². The van der Waals surface area contributed by atoms with Gasteiger partial charge in [0.25, 0.3) is 0 Å². The highest BCUT2D eigenvalue weighted by molar-refractivity contribution is 7.99. The lowest BCUT2D eigenvalue weighted by atomic mass is 10.00. The highest BCUT2D eigenvalue weighted by atomic mass is 32.2. The molecule has 2 amide bonds. The first-order chi connectivity index (χ1) is 17.0. The van der Waals surface area contributed by atoms with E-state index in [4.69, 9.17) is 4.42 Å². The van der Waals surface area contributed by atoms with Crippen molar-refractivity contribution in [3.63, 3.8) is 0 Å². The van der Waals surface area contributed by atoms with Gasteiger partial charge in [0.15, 0.2) is 5.16 Å². The van der Waals surface area contributed by atoms with Crippen molar-refractivity contribution in [2.24, 2.45) is 5.92 Å². The highest BCUT2D eigenvalue weighted by Gasteiger charge is 2.23. The highest BCUT2D eigenvalue weighted by Crippen LogP contribution is 2.27. The van der Waals surface area contributed by atoms with Crippen LogP contribution in [0.15, 0.2) is 52.2 Å². The topological polar surface area (TPSA) is 105 Å². The number of furan rings is 1. The van der Waals surface area contributed by atoms with E-state index in [9.17, 15) is 9.59 Å². The van der Waals surface area contributed by atoms with Gasteiger partial charge in [0.2, 0.25) is 17.8 Å². The number of thioether (sulfide) groups is 1. The molecule has 0 spiro atoms. The number of aromatic nitrogens is 3. The van der Waals surface area contributed by atoms with E-state index >= 15 is 0 Å². The number of amides is 2. The lowest BCUT2D eigenvalue weighted by Crippen LogP contribution is -2.35. The SMILES string of the molecule is CCc1ccccc1NC(=O)CNC(=O)CSc1nnc(N2CCC(C)CC2)n1Cc1ccco1. The van der Waals surface area contributed by atoms with Crippen LogP contribution in [-0.4, -0.2) is 52.0 Å². The first kappa shape index (κ1) is 24.8. The molecule has 0 aliphatic carbocycles. The predicted octanol–water partition coefficient (Wildman–Crippen LogP) is 3.57. The summed E-state index contributed by atoms with van der Waals surface area (Å²) in [5.74, 6) is 1.93. The molecular formula is C25H32N6O3S. The molecule has 4 rings (SSSR count). The minimum atomic E-state index is -0.258. The van der Waals surface area contributed by atoms with E-state index in [1.807, 2.05) is 47.9 Å². The number of carbonyl (C=O) groups excluding carboxylic acids is 2. The molecule has 3 heterocycles. The third-order valence-corrected chi connectivity index (χ3v) is 7.08. The first-order valence-electron chi connectivity index (χ1n) is 12.0. The van der Waals surface area contributed by atoms with Gasteiger partial charge in [-0.15, -0.1) is 10.2 Å². The fraction of sp³-hybridized carbons (Fsp3) is 0.440. The van der Waals surface area contributed by atoms with Gasteiger partial charge in [-0.3, -0.25) is 14.2 Å². The predicted molar refractivity (Wildman–Crippen MR) is 137 cm³/mol. The molecule has 186 valence electrons. The summed E-state index contributed by atoms with van der Waals surface area (Å²) < 4.78 is 7.55. The fourth-order valence-electron chi connectivity index (χ4n) is 4.03. The zero-order valence-corrected chi connectivity index (χ0v) is 21.0. The zero-order chi connectivity index (χ0) is 24.6. The van der Waals surface area contributed by atoms with Gasteiger partial charge in [0, 0.05) is 18.8 Å². The summed E-state index contributed by atoms with van der Waals surface area (Å²) in [6, 6.07) is 11.4. The van der Waals surface area contributed by atoms with Gasteiger partial charge in [-0.2, -0.15) is 0 Å². The van der Waals surface area contributed by atoms with E-state index in [2.05, 4.69) is 32.7 Å². The van der Waals surface area contributed by atoms with E-state index in [1.54, 1.807) is 6.26 Å². The third kappa shape index (κ3) is 6.66. The van der Waals surface area contributed by atoms with Gasteiger partial charge >= 0.3 is 0 Å². The summed E-state index contributed by atoms with van der Waals surface area (Å²) in [5.41, 5.74) is 1.83. The number of piperidine rings is 1. The number of nitrogens with zero attached hydrogens (tertiary/aromatic N) is 4. The molecule has 0 unspecified atom stereocenters. The van der Waals surface area contributed by atoms with Crippen LogP contribution in [0.5, 0.6) is 0 Å². The molecule has 10 heteroatoms. The summed E-state index contributed by atoms with van der Waals surface area (Å²) >= 11 is 1.30. The number of nitrogens with one attached hydrogen (secondary N) is 2. The van der Waals surface area contributed by atoms with Crippen LogP contribution in [0.1, 0.15) is 38.0 Å². The van der Waals surface area contributed by atoms with Crippen LogP contribution in [0, 0.1) is 5.92 Å². The lowest BCUT2D eigenvalue weighted by molar-refractivity contribution is -0.122. The van der Waals surface area contributed by atoms with E-state index in [-0.39, 0.29) is 24.1 Å². The molecular weight excluding hydrogens is 464 g/mol. The lowest BCUT2D eigenvalue weighted by Gasteiger charge is -2.31. The van der Waals surface area contributed by atoms with Crippen molar-refractivity contribution in [3.8, 4) is 0 Å². The minimum absolute atomic E-state index is 0.0895. The van der Waals surface area contributed by atoms with E-state index in [0.717, 1.165) is 55.3 Å². The second kappa shape index (κ2) is 11.9. The number of anilines is 2. The quantitative estimate of drug-likeness (QED) is 0.414. The standard InChI is InChI=1S/C25H32N6O3S/c1-3-19-7-4-5-9-21(19)27-22(32)15-26-23(33)17-35-25-29-28-24(30-12-10-18(2)11-13-30)31(25)16-20-8-6-14-34-20/h4-9,14,18H,3,10-13,15-17H2,1-2H3,(H,26,33)(H,27,32). The second-order valence-electron chi connectivity index (χ2n) is 8.74. The van der Waals surface area contributed by atoms with Gasteiger partial charge in [0.05, 0.1) is 25.1 Å². The van der Waals surface area contributed by atoms with Crippen molar-refractivity contribution in [1.29, 1.82) is 0 Å². The number of benzene rings is 1. The summed E-state index contributed by atoms with van der Waals surface area (Å²) in [4.78, 5) is 27.0. The Morgan fingerprint density at radius 2 is 1.91 bits per heavy atom. The van der Waals surface area contributed by atoms with Crippen LogP contribution in [-0.2, 0) is 22.6 Å². The smallest absolute Gasteiger partial charge is 0.243 e. The number of hydrogen-bond acceptors (Lipinski definition) is 7. The Balaban J connectivity index is 1.34. The summed E-state index contributed by atoms with van der Waals surface area (Å²) in [6.45, 7) is 6.57. The molecule has 0 atom stereocenters. The van der Waals surface area contributed by atoms with Crippen LogP contribution in [0.2, 0.25) is 0 Å². The minimum Gasteiger partial charge on any atom is -0.467 e. The van der Waals surface area contributed by atoms with Gasteiger partial charge in [-0.25, -0.2) is 0 Å². The Bertz CT molecular complexity index is 1120. The largest absolute Gasteiger partial charge is 0.467 e. The van der Waals surface area contributed by atoms with Crippen molar-refractivity contribution in [2.45, 2.75) is 44.8 Å².